The summed E-state index contributed by atoms with van der Waals surface area (Å²) in [7, 11) is 0. The molecule has 134 valence electrons. The molecule has 0 heterocycles. The van der Waals surface area contributed by atoms with Gasteiger partial charge in [-0.1, -0.05) is 84.5 Å². The second-order valence-corrected chi connectivity index (χ2v) is 6.37. The van der Waals surface area contributed by atoms with Crippen molar-refractivity contribution >= 4 is 11.9 Å². The molecule has 0 rings (SSSR count). The van der Waals surface area contributed by atoms with Crippen LogP contribution < -0.4 is 80.9 Å². The largest absolute Gasteiger partial charge is 1.00 e. The van der Waals surface area contributed by atoms with E-state index in [0.29, 0.717) is 12.8 Å². The first-order valence-corrected chi connectivity index (χ1v) is 8.98. The van der Waals surface area contributed by atoms with E-state index in [-0.39, 0.29) is 96.6 Å². The number of rotatable bonds is 15. The molecule has 0 aliphatic heterocycles. The fraction of sp³-hybridized carbons (Fsp3) is 0.889. The summed E-state index contributed by atoms with van der Waals surface area (Å²) in [6.45, 7) is 4.05. The van der Waals surface area contributed by atoms with Crippen molar-refractivity contribution in [3.05, 3.63) is 0 Å². The second kappa shape index (κ2) is 19.3. The van der Waals surface area contributed by atoms with Crippen molar-refractivity contribution < 1.29 is 104 Å². The van der Waals surface area contributed by atoms with Gasteiger partial charge in [-0.05, 0) is 12.8 Å². The molecule has 0 atom stereocenters. The number of carboxylic acids is 2. The fourth-order valence-electron chi connectivity index (χ4n) is 2.99. The predicted octanol–water partition coefficient (Wildman–Crippen LogP) is -0.514. The van der Waals surface area contributed by atoms with E-state index in [9.17, 15) is 19.8 Å². The summed E-state index contributed by atoms with van der Waals surface area (Å²) in [5, 5.41) is 18.6. The molecule has 0 saturated carbocycles. The van der Waals surface area contributed by atoms with Crippen molar-refractivity contribution in [2.45, 2.75) is 97.3 Å². The van der Waals surface area contributed by atoms with E-state index in [1.54, 1.807) is 0 Å². The molecule has 0 amide bonds. The predicted molar refractivity (Wildman–Crippen MR) is 91.3 cm³/mol. The monoisotopic (exact) mass is 378 g/mol. The molecule has 6 heteroatoms. The zero-order valence-electron chi connectivity index (χ0n) is 18.4. The zero-order valence-corrected chi connectivity index (χ0v) is 21.5. The van der Waals surface area contributed by atoms with Gasteiger partial charge < -0.3 is 13.1 Å². The Balaban J connectivity index is -0.000000367. The van der Waals surface area contributed by atoms with E-state index >= 15 is 0 Å². The summed E-state index contributed by atoms with van der Waals surface area (Å²) in [4.78, 5) is 22.7. The van der Waals surface area contributed by atoms with Crippen molar-refractivity contribution in [3.8, 4) is 0 Å². The van der Waals surface area contributed by atoms with Gasteiger partial charge in [-0.25, -0.2) is 0 Å². The van der Waals surface area contributed by atoms with Gasteiger partial charge in [0.15, 0.2) is 5.41 Å². The van der Waals surface area contributed by atoms with Gasteiger partial charge in [0.1, 0.15) is 0 Å². The van der Waals surface area contributed by atoms with Gasteiger partial charge in [0, 0.05) is 0 Å². The van der Waals surface area contributed by atoms with Gasteiger partial charge in [0.05, 0.1) is 0 Å². The molecular formula is C18H36KNaO4. The van der Waals surface area contributed by atoms with Crippen LogP contribution in [0.1, 0.15) is 100 Å². The van der Waals surface area contributed by atoms with Crippen molar-refractivity contribution in [1.82, 2.24) is 0 Å². The SMILES string of the molecule is CCCCCCCCCCCCC(CCC)(C(=O)O)C(=O)O.[H-].[H-].[K+].[Na+]. The van der Waals surface area contributed by atoms with Crippen molar-refractivity contribution in [3.63, 3.8) is 0 Å². The number of hydrogen-bond acceptors (Lipinski definition) is 2. The maximum absolute atomic E-state index is 11.4. The smallest absolute Gasteiger partial charge is 1.00 e. The van der Waals surface area contributed by atoms with E-state index in [1.165, 1.54) is 44.9 Å². The first-order valence-electron chi connectivity index (χ1n) is 8.98. The number of carboxylic acid groups (broad SMARTS) is 2. The third-order valence-corrected chi connectivity index (χ3v) is 4.45. The molecule has 0 unspecified atom stereocenters. The molecule has 0 spiro atoms. The summed E-state index contributed by atoms with van der Waals surface area (Å²) in [5.41, 5.74) is -1.57. The Morgan fingerprint density at radius 3 is 1.42 bits per heavy atom. The molecule has 2 N–H and O–H groups in total. The van der Waals surface area contributed by atoms with Crippen molar-refractivity contribution in [2.24, 2.45) is 5.41 Å². The summed E-state index contributed by atoms with van der Waals surface area (Å²) >= 11 is 0. The molecule has 0 aromatic carbocycles. The molecule has 0 saturated heterocycles. The topological polar surface area (TPSA) is 74.6 Å². The summed E-state index contributed by atoms with van der Waals surface area (Å²) < 4.78 is 0. The Kier molecular flexibility index (Phi) is 24.4. The molecular weight excluding hydrogens is 342 g/mol. The molecule has 0 radical (unpaired) electrons. The molecule has 0 fully saturated rings. The third-order valence-electron chi connectivity index (χ3n) is 4.45. The van der Waals surface area contributed by atoms with E-state index in [2.05, 4.69) is 6.92 Å². The number of aliphatic carboxylic acids is 2. The summed E-state index contributed by atoms with van der Waals surface area (Å²) in [6, 6.07) is 0. The van der Waals surface area contributed by atoms with Gasteiger partial charge >= 0.3 is 92.9 Å². The van der Waals surface area contributed by atoms with Crippen LogP contribution in [0.25, 0.3) is 0 Å². The van der Waals surface area contributed by atoms with E-state index in [0.717, 1.165) is 12.8 Å². The first kappa shape index (κ1) is 30.3. The maximum Gasteiger partial charge on any atom is 1.00 e. The van der Waals surface area contributed by atoms with Crippen LogP contribution in [0, 0.1) is 5.41 Å². The van der Waals surface area contributed by atoms with Crippen LogP contribution in [-0.4, -0.2) is 22.2 Å². The summed E-state index contributed by atoms with van der Waals surface area (Å²) in [6.07, 6.45) is 12.7. The molecule has 0 bridgehead atoms. The Morgan fingerprint density at radius 2 is 1.08 bits per heavy atom. The standard InChI is InChI=1S/C18H34O4.K.Na.2H/c1-3-5-6-7-8-9-10-11-12-13-15-18(14-4-2,16(19)20)17(21)22;;;;/h3-15H2,1-2H3,(H,19,20)(H,21,22);;;;/q;2*+1;2*-1. The first-order chi connectivity index (χ1) is 10.5. The van der Waals surface area contributed by atoms with Crippen LogP contribution in [-0.2, 0) is 9.59 Å². The second-order valence-electron chi connectivity index (χ2n) is 6.37. The van der Waals surface area contributed by atoms with Crippen LogP contribution in [0.2, 0.25) is 0 Å². The summed E-state index contributed by atoms with van der Waals surface area (Å²) in [5.74, 6) is -2.37. The molecule has 0 aromatic heterocycles. The quantitative estimate of drug-likeness (QED) is 0.229. The minimum atomic E-state index is -1.57. The molecule has 24 heavy (non-hydrogen) atoms. The van der Waals surface area contributed by atoms with E-state index < -0.39 is 17.4 Å². The number of hydrogen-bond donors (Lipinski definition) is 2. The number of unbranched alkanes of at least 4 members (excludes halogenated alkanes) is 9. The third kappa shape index (κ3) is 12.9. The van der Waals surface area contributed by atoms with Crippen LogP contribution in [0.5, 0.6) is 0 Å². The van der Waals surface area contributed by atoms with Crippen LogP contribution >= 0.6 is 0 Å². The van der Waals surface area contributed by atoms with Crippen LogP contribution in [0.4, 0.5) is 0 Å². The maximum atomic E-state index is 11.4. The Bertz CT molecular complexity index is 320. The van der Waals surface area contributed by atoms with E-state index in [1.807, 2.05) is 6.92 Å². The average molecular weight is 379 g/mol. The minimum absolute atomic E-state index is 0. The Hall–Kier alpha value is 1.58. The molecule has 0 aliphatic rings. The van der Waals surface area contributed by atoms with Crippen LogP contribution in [0.3, 0.4) is 0 Å². The van der Waals surface area contributed by atoms with Gasteiger partial charge in [-0.3, -0.25) is 9.59 Å². The normalized spacial score (nSPS) is 10.6. The Labute approximate surface area is 215 Å². The van der Waals surface area contributed by atoms with Crippen molar-refractivity contribution in [1.29, 1.82) is 0 Å². The molecule has 0 aromatic rings. The van der Waals surface area contributed by atoms with Gasteiger partial charge in [0.2, 0.25) is 0 Å². The fourth-order valence-corrected chi connectivity index (χ4v) is 2.99. The van der Waals surface area contributed by atoms with Gasteiger partial charge in [0.25, 0.3) is 0 Å². The Morgan fingerprint density at radius 1 is 0.708 bits per heavy atom. The van der Waals surface area contributed by atoms with Gasteiger partial charge in [-0.15, -0.1) is 0 Å². The van der Waals surface area contributed by atoms with Crippen LogP contribution in [0.15, 0.2) is 0 Å². The average Bonchev–Trinajstić information content (AvgIpc) is 2.47. The molecule has 4 nitrogen and oxygen atoms in total. The molecule has 0 aliphatic carbocycles. The number of carbonyl (C=O) groups is 2. The van der Waals surface area contributed by atoms with E-state index in [4.69, 9.17) is 0 Å². The zero-order chi connectivity index (χ0) is 16.8. The van der Waals surface area contributed by atoms with Crippen molar-refractivity contribution in [2.75, 3.05) is 0 Å². The minimum Gasteiger partial charge on any atom is -1.00 e. The van der Waals surface area contributed by atoms with Gasteiger partial charge in [-0.2, -0.15) is 0 Å².